The number of aryl methyl sites for hydroxylation is 1. The van der Waals surface area contributed by atoms with Crippen molar-refractivity contribution in [3.63, 3.8) is 0 Å². The third-order valence-electron chi connectivity index (χ3n) is 2.50. The van der Waals surface area contributed by atoms with Gasteiger partial charge in [0.1, 0.15) is 5.82 Å². The van der Waals surface area contributed by atoms with Gasteiger partial charge in [-0.15, -0.1) is 0 Å². The van der Waals surface area contributed by atoms with Gasteiger partial charge in [-0.05, 0) is 19.3 Å². The SMILES string of the molecule is Cc1ncc2c(n1)CC(CO)CC2=O. The highest BCUT2D eigenvalue weighted by atomic mass is 16.3. The fraction of sp³-hybridized carbons (Fsp3) is 0.500. The molecule has 1 aromatic rings. The fourth-order valence-electron chi connectivity index (χ4n) is 1.75. The van der Waals surface area contributed by atoms with E-state index in [-0.39, 0.29) is 18.3 Å². The number of aromatic nitrogens is 2. The standard InChI is InChI=1S/C10H12N2O2/c1-6-11-4-8-9(12-6)2-7(5-13)3-10(8)14/h4,7,13H,2-3,5H2,1H3. The number of ketones is 1. The maximum atomic E-state index is 11.6. The van der Waals surface area contributed by atoms with Crippen LogP contribution in [0, 0.1) is 12.8 Å². The van der Waals surface area contributed by atoms with Gasteiger partial charge in [-0.25, -0.2) is 9.97 Å². The van der Waals surface area contributed by atoms with Crippen molar-refractivity contribution >= 4 is 5.78 Å². The van der Waals surface area contributed by atoms with E-state index >= 15 is 0 Å². The molecule has 1 unspecified atom stereocenters. The van der Waals surface area contributed by atoms with Gasteiger partial charge in [-0.2, -0.15) is 0 Å². The van der Waals surface area contributed by atoms with Gasteiger partial charge < -0.3 is 5.11 Å². The molecule has 2 rings (SSSR count). The van der Waals surface area contributed by atoms with Gasteiger partial charge in [-0.3, -0.25) is 4.79 Å². The molecule has 0 aromatic carbocycles. The van der Waals surface area contributed by atoms with Crippen LogP contribution < -0.4 is 0 Å². The topological polar surface area (TPSA) is 63.1 Å². The molecule has 4 heteroatoms. The Labute approximate surface area is 82.0 Å². The highest BCUT2D eigenvalue weighted by molar-refractivity contribution is 5.97. The smallest absolute Gasteiger partial charge is 0.166 e. The molecule has 14 heavy (non-hydrogen) atoms. The van der Waals surface area contributed by atoms with E-state index in [1.807, 2.05) is 0 Å². The van der Waals surface area contributed by atoms with Crippen LogP contribution in [-0.4, -0.2) is 27.5 Å². The minimum Gasteiger partial charge on any atom is -0.396 e. The third-order valence-corrected chi connectivity index (χ3v) is 2.50. The molecule has 1 aromatic heterocycles. The summed E-state index contributed by atoms with van der Waals surface area (Å²) < 4.78 is 0. The molecular formula is C10H12N2O2. The lowest BCUT2D eigenvalue weighted by Crippen LogP contribution is -2.24. The second-order valence-electron chi connectivity index (χ2n) is 3.66. The molecule has 0 aliphatic heterocycles. The zero-order chi connectivity index (χ0) is 10.1. The summed E-state index contributed by atoms with van der Waals surface area (Å²) in [6.45, 7) is 1.85. The maximum Gasteiger partial charge on any atom is 0.166 e. The number of nitrogens with zero attached hydrogens (tertiary/aromatic N) is 2. The van der Waals surface area contributed by atoms with Crippen LogP contribution in [-0.2, 0) is 6.42 Å². The molecule has 0 radical (unpaired) electrons. The number of rotatable bonds is 1. The molecule has 0 bridgehead atoms. The summed E-state index contributed by atoms with van der Waals surface area (Å²) in [7, 11) is 0. The Morgan fingerprint density at radius 3 is 3.07 bits per heavy atom. The van der Waals surface area contributed by atoms with Crippen molar-refractivity contribution in [3.05, 3.63) is 23.3 Å². The van der Waals surface area contributed by atoms with Crippen molar-refractivity contribution in [1.82, 2.24) is 9.97 Å². The van der Waals surface area contributed by atoms with Crippen molar-refractivity contribution in [3.8, 4) is 0 Å². The van der Waals surface area contributed by atoms with E-state index < -0.39 is 0 Å². The number of hydrogen-bond donors (Lipinski definition) is 1. The van der Waals surface area contributed by atoms with Crippen LogP contribution in [0.25, 0.3) is 0 Å². The normalized spacial score (nSPS) is 20.7. The van der Waals surface area contributed by atoms with Crippen molar-refractivity contribution in [2.45, 2.75) is 19.8 Å². The van der Waals surface area contributed by atoms with Crippen LogP contribution >= 0.6 is 0 Å². The molecule has 1 aliphatic carbocycles. The molecule has 0 saturated carbocycles. The van der Waals surface area contributed by atoms with Crippen molar-refractivity contribution in [2.75, 3.05) is 6.61 Å². The molecular weight excluding hydrogens is 180 g/mol. The van der Waals surface area contributed by atoms with E-state index in [2.05, 4.69) is 9.97 Å². The first kappa shape index (κ1) is 9.27. The summed E-state index contributed by atoms with van der Waals surface area (Å²) in [6.07, 6.45) is 2.68. The molecule has 1 atom stereocenters. The Balaban J connectivity index is 2.40. The van der Waals surface area contributed by atoms with E-state index in [1.165, 1.54) is 0 Å². The number of Topliss-reactive ketones (excluding diaryl/α,β-unsaturated/α-hetero) is 1. The van der Waals surface area contributed by atoms with E-state index in [0.29, 0.717) is 24.2 Å². The second kappa shape index (κ2) is 3.46. The number of carbonyl (C=O) groups excluding carboxylic acids is 1. The van der Waals surface area contributed by atoms with E-state index in [9.17, 15) is 4.79 Å². The summed E-state index contributed by atoms with van der Waals surface area (Å²) >= 11 is 0. The third kappa shape index (κ3) is 1.53. The molecule has 1 aliphatic rings. The highest BCUT2D eigenvalue weighted by Crippen LogP contribution is 2.23. The lowest BCUT2D eigenvalue weighted by molar-refractivity contribution is 0.0916. The monoisotopic (exact) mass is 192 g/mol. The number of hydrogen-bond acceptors (Lipinski definition) is 4. The van der Waals surface area contributed by atoms with Crippen LogP contribution in [0.4, 0.5) is 0 Å². The van der Waals surface area contributed by atoms with Gasteiger partial charge in [0.2, 0.25) is 0 Å². The maximum absolute atomic E-state index is 11.6. The molecule has 0 saturated heterocycles. The Morgan fingerprint density at radius 1 is 1.57 bits per heavy atom. The predicted octanol–water partition coefficient (Wildman–Crippen LogP) is 0.522. The zero-order valence-corrected chi connectivity index (χ0v) is 8.03. The van der Waals surface area contributed by atoms with E-state index in [0.717, 1.165) is 5.69 Å². The van der Waals surface area contributed by atoms with Crippen LogP contribution in [0.15, 0.2) is 6.20 Å². The van der Waals surface area contributed by atoms with Gasteiger partial charge in [-0.1, -0.05) is 0 Å². The molecule has 0 amide bonds. The van der Waals surface area contributed by atoms with Crippen LogP contribution in [0.2, 0.25) is 0 Å². The second-order valence-corrected chi connectivity index (χ2v) is 3.66. The first-order chi connectivity index (χ1) is 6.70. The molecule has 74 valence electrons. The minimum absolute atomic E-state index is 0.0318. The summed E-state index contributed by atoms with van der Waals surface area (Å²) in [6, 6.07) is 0. The van der Waals surface area contributed by atoms with Gasteiger partial charge in [0, 0.05) is 19.2 Å². The number of carbonyl (C=O) groups is 1. The Morgan fingerprint density at radius 2 is 2.36 bits per heavy atom. The van der Waals surface area contributed by atoms with Gasteiger partial charge in [0.05, 0.1) is 11.3 Å². The lowest BCUT2D eigenvalue weighted by atomic mass is 9.87. The van der Waals surface area contributed by atoms with Gasteiger partial charge >= 0.3 is 0 Å². The summed E-state index contributed by atoms with van der Waals surface area (Å²) in [4.78, 5) is 19.8. The predicted molar refractivity (Wildman–Crippen MR) is 50.0 cm³/mol. The minimum atomic E-state index is 0.0318. The number of aliphatic hydroxyl groups excluding tert-OH is 1. The van der Waals surface area contributed by atoms with Crippen LogP contribution in [0.3, 0.4) is 0 Å². The Bertz CT molecular complexity index is 376. The average Bonchev–Trinajstić information content (AvgIpc) is 2.16. The van der Waals surface area contributed by atoms with Crippen molar-refractivity contribution in [1.29, 1.82) is 0 Å². The summed E-state index contributed by atoms with van der Waals surface area (Å²) in [5, 5.41) is 9.01. The van der Waals surface area contributed by atoms with E-state index in [4.69, 9.17) is 5.11 Å². The zero-order valence-electron chi connectivity index (χ0n) is 8.03. The molecule has 0 spiro atoms. The number of fused-ring (bicyclic) bond motifs is 1. The lowest BCUT2D eigenvalue weighted by Gasteiger charge is -2.20. The fourth-order valence-corrected chi connectivity index (χ4v) is 1.75. The molecule has 4 nitrogen and oxygen atoms in total. The Hall–Kier alpha value is -1.29. The first-order valence-corrected chi connectivity index (χ1v) is 4.67. The van der Waals surface area contributed by atoms with Crippen molar-refractivity contribution in [2.24, 2.45) is 5.92 Å². The Kier molecular flexibility index (Phi) is 2.29. The van der Waals surface area contributed by atoms with Gasteiger partial charge in [0.15, 0.2) is 5.78 Å². The first-order valence-electron chi connectivity index (χ1n) is 4.67. The van der Waals surface area contributed by atoms with Gasteiger partial charge in [0.25, 0.3) is 0 Å². The average molecular weight is 192 g/mol. The van der Waals surface area contributed by atoms with Crippen LogP contribution in [0.5, 0.6) is 0 Å². The molecule has 1 N–H and O–H groups in total. The quantitative estimate of drug-likeness (QED) is 0.704. The molecule has 0 fully saturated rings. The van der Waals surface area contributed by atoms with Crippen LogP contribution in [0.1, 0.15) is 28.3 Å². The summed E-state index contributed by atoms with van der Waals surface area (Å²) in [5.74, 6) is 0.754. The largest absolute Gasteiger partial charge is 0.396 e. The molecule has 1 heterocycles. The highest BCUT2D eigenvalue weighted by Gasteiger charge is 2.25. The van der Waals surface area contributed by atoms with E-state index in [1.54, 1.807) is 13.1 Å². The summed E-state index contributed by atoms with van der Waals surface area (Å²) in [5.41, 5.74) is 1.41. The number of aliphatic hydroxyl groups is 1. The van der Waals surface area contributed by atoms with Crippen molar-refractivity contribution < 1.29 is 9.90 Å².